The summed E-state index contributed by atoms with van der Waals surface area (Å²) in [6.07, 6.45) is 1.44. The summed E-state index contributed by atoms with van der Waals surface area (Å²) in [5, 5.41) is 11.2. The molecular formula is C8H10N2O3. The van der Waals surface area contributed by atoms with E-state index >= 15 is 0 Å². The van der Waals surface area contributed by atoms with Gasteiger partial charge in [0.25, 0.3) is 5.56 Å². The van der Waals surface area contributed by atoms with Crippen LogP contribution in [0.3, 0.4) is 0 Å². The van der Waals surface area contributed by atoms with Gasteiger partial charge in [-0.3, -0.25) is 9.59 Å². The lowest BCUT2D eigenvalue weighted by Gasteiger charge is -2.04. The lowest BCUT2D eigenvalue weighted by molar-refractivity contribution is -0.137. The molecule has 1 heterocycles. The normalized spacial score (nSPS) is 9.62. The van der Waals surface area contributed by atoms with Crippen LogP contribution < -0.4 is 10.9 Å². The van der Waals surface area contributed by atoms with E-state index in [0.29, 0.717) is 5.69 Å². The standard InChI is InChI=1S/C8H10N2O3/c1-9-6-3-2-4-10(8(6)13)5-7(11)12/h2-4,9H,5H2,1H3,(H,11,12). The van der Waals surface area contributed by atoms with Crippen LogP contribution in [0.15, 0.2) is 23.1 Å². The highest BCUT2D eigenvalue weighted by molar-refractivity contribution is 5.66. The molecule has 70 valence electrons. The number of rotatable bonds is 3. The van der Waals surface area contributed by atoms with Crippen LogP contribution in [0.5, 0.6) is 0 Å². The van der Waals surface area contributed by atoms with Gasteiger partial charge in [0.15, 0.2) is 0 Å². The van der Waals surface area contributed by atoms with Crippen molar-refractivity contribution in [1.82, 2.24) is 4.57 Å². The van der Waals surface area contributed by atoms with Crippen molar-refractivity contribution in [2.75, 3.05) is 12.4 Å². The van der Waals surface area contributed by atoms with Crippen molar-refractivity contribution in [3.05, 3.63) is 28.7 Å². The molecule has 5 nitrogen and oxygen atoms in total. The van der Waals surface area contributed by atoms with Gasteiger partial charge in [0, 0.05) is 13.2 Å². The molecule has 0 fully saturated rings. The minimum atomic E-state index is -1.03. The number of carboxylic acids is 1. The Balaban J connectivity index is 3.09. The molecule has 0 radical (unpaired) electrons. The van der Waals surface area contributed by atoms with Crippen LogP contribution in [0.2, 0.25) is 0 Å². The maximum absolute atomic E-state index is 11.4. The molecule has 0 saturated carbocycles. The molecule has 0 bridgehead atoms. The second-order valence-corrected chi connectivity index (χ2v) is 2.50. The summed E-state index contributed by atoms with van der Waals surface area (Å²) in [5.74, 6) is -1.03. The van der Waals surface area contributed by atoms with Crippen LogP contribution in [-0.4, -0.2) is 22.7 Å². The highest BCUT2D eigenvalue weighted by atomic mass is 16.4. The quantitative estimate of drug-likeness (QED) is 0.688. The molecule has 1 aromatic rings. The van der Waals surface area contributed by atoms with Crippen LogP contribution in [0.4, 0.5) is 5.69 Å². The zero-order valence-corrected chi connectivity index (χ0v) is 7.15. The third-order valence-electron chi connectivity index (χ3n) is 1.60. The summed E-state index contributed by atoms with van der Waals surface area (Å²) in [6, 6.07) is 3.22. The van der Waals surface area contributed by atoms with Crippen molar-refractivity contribution in [3.63, 3.8) is 0 Å². The van der Waals surface area contributed by atoms with E-state index in [0.717, 1.165) is 4.57 Å². The molecule has 0 unspecified atom stereocenters. The van der Waals surface area contributed by atoms with Crippen LogP contribution >= 0.6 is 0 Å². The summed E-state index contributed by atoms with van der Waals surface area (Å²) >= 11 is 0. The van der Waals surface area contributed by atoms with E-state index in [-0.39, 0.29) is 12.1 Å². The number of carboxylic acid groups (broad SMARTS) is 1. The molecule has 2 N–H and O–H groups in total. The number of hydrogen-bond donors (Lipinski definition) is 2. The summed E-state index contributed by atoms with van der Waals surface area (Å²) < 4.78 is 1.13. The first-order chi connectivity index (χ1) is 6.15. The third-order valence-corrected chi connectivity index (χ3v) is 1.60. The van der Waals surface area contributed by atoms with Gasteiger partial charge in [0.05, 0.1) is 0 Å². The molecule has 13 heavy (non-hydrogen) atoms. The van der Waals surface area contributed by atoms with Crippen LogP contribution in [0.1, 0.15) is 0 Å². The minimum Gasteiger partial charge on any atom is -0.480 e. The molecule has 1 rings (SSSR count). The van der Waals surface area contributed by atoms with E-state index in [9.17, 15) is 9.59 Å². The fourth-order valence-corrected chi connectivity index (χ4v) is 0.997. The molecule has 0 atom stereocenters. The minimum absolute atomic E-state index is 0.311. The predicted molar refractivity (Wildman–Crippen MR) is 47.9 cm³/mol. The van der Waals surface area contributed by atoms with Crippen molar-refractivity contribution in [2.45, 2.75) is 6.54 Å². The fraction of sp³-hybridized carbons (Fsp3) is 0.250. The van der Waals surface area contributed by atoms with Gasteiger partial charge in [-0.2, -0.15) is 0 Å². The number of aliphatic carboxylic acids is 1. The molecular weight excluding hydrogens is 172 g/mol. The van der Waals surface area contributed by atoms with Crippen LogP contribution in [0.25, 0.3) is 0 Å². The average Bonchev–Trinajstić information content (AvgIpc) is 2.08. The van der Waals surface area contributed by atoms with Crippen LogP contribution in [-0.2, 0) is 11.3 Å². The van der Waals surface area contributed by atoms with Gasteiger partial charge in [0.1, 0.15) is 12.2 Å². The molecule has 0 aliphatic carbocycles. The summed E-state index contributed by atoms with van der Waals surface area (Å²) in [5.41, 5.74) is 0.0659. The smallest absolute Gasteiger partial charge is 0.323 e. The number of carbonyl (C=O) groups is 1. The topological polar surface area (TPSA) is 71.3 Å². The van der Waals surface area contributed by atoms with Gasteiger partial charge in [-0.25, -0.2) is 0 Å². The first kappa shape index (κ1) is 9.31. The third kappa shape index (κ3) is 2.08. The molecule has 0 aromatic carbocycles. The van der Waals surface area contributed by atoms with Gasteiger partial charge in [-0.1, -0.05) is 0 Å². The van der Waals surface area contributed by atoms with Crippen molar-refractivity contribution >= 4 is 11.7 Å². The van der Waals surface area contributed by atoms with Gasteiger partial charge in [-0.15, -0.1) is 0 Å². The van der Waals surface area contributed by atoms with Crippen molar-refractivity contribution in [2.24, 2.45) is 0 Å². The number of anilines is 1. The molecule has 0 aliphatic rings. The van der Waals surface area contributed by atoms with Gasteiger partial charge in [-0.05, 0) is 12.1 Å². The first-order valence-electron chi connectivity index (χ1n) is 3.74. The Hall–Kier alpha value is -1.78. The van der Waals surface area contributed by atoms with E-state index in [1.54, 1.807) is 19.2 Å². The number of nitrogens with zero attached hydrogens (tertiary/aromatic N) is 1. The number of hydrogen-bond acceptors (Lipinski definition) is 3. The second-order valence-electron chi connectivity index (χ2n) is 2.50. The van der Waals surface area contributed by atoms with E-state index in [1.807, 2.05) is 0 Å². The Bertz CT molecular complexity index is 370. The molecule has 1 aromatic heterocycles. The first-order valence-corrected chi connectivity index (χ1v) is 3.74. The van der Waals surface area contributed by atoms with Gasteiger partial charge in [0.2, 0.25) is 0 Å². The maximum Gasteiger partial charge on any atom is 0.323 e. The lowest BCUT2D eigenvalue weighted by Crippen LogP contribution is -2.25. The van der Waals surface area contributed by atoms with Gasteiger partial charge < -0.3 is 15.0 Å². The van der Waals surface area contributed by atoms with E-state index in [1.165, 1.54) is 6.20 Å². The van der Waals surface area contributed by atoms with Crippen molar-refractivity contribution in [3.8, 4) is 0 Å². The van der Waals surface area contributed by atoms with Crippen molar-refractivity contribution in [1.29, 1.82) is 0 Å². The van der Waals surface area contributed by atoms with E-state index in [2.05, 4.69) is 5.32 Å². The highest BCUT2D eigenvalue weighted by Crippen LogP contribution is 1.95. The average molecular weight is 182 g/mol. The number of aromatic nitrogens is 1. The van der Waals surface area contributed by atoms with E-state index < -0.39 is 5.97 Å². The monoisotopic (exact) mass is 182 g/mol. The maximum atomic E-state index is 11.4. The molecule has 0 aliphatic heterocycles. The fourth-order valence-electron chi connectivity index (χ4n) is 0.997. The van der Waals surface area contributed by atoms with Crippen molar-refractivity contribution < 1.29 is 9.90 Å². The number of pyridine rings is 1. The van der Waals surface area contributed by atoms with E-state index in [4.69, 9.17) is 5.11 Å². The predicted octanol–water partition coefficient (Wildman–Crippen LogP) is -0.0254. The Morgan fingerprint density at radius 1 is 1.69 bits per heavy atom. The molecule has 0 spiro atoms. The second kappa shape index (κ2) is 3.75. The Kier molecular flexibility index (Phi) is 2.69. The van der Waals surface area contributed by atoms with Gasteiger partial charge >= 0.3 is 5.97 Å². The Morgan fingerprint density at radius 3 is 2.92 bits per heavy atom. The molecule has 0 saturated heterocycles. The Morgan fingerprint density at radius 2 is 2.38 bits per heavy atom. The molecule has 5 heteroatoms. The zero-order valence-electron chi connectivity index (χ0n) is 7.15. The summed E-state index contributed by atoms with van der Waals surface area (Å²) in [4.78, 5) is 21.7. The molecule has 0 amide bonds. The van der Waals surface area contributed by atoms with Crippen LogP contribution in [0, 0.1) is 0 Å². The number of nitrogens with one attached hydrogen (secondary N) is 1. The summed E-state index contributed by atoms with van der Waals surface area (Å²) in [6.45, 7) is -0.311. The zero-order chi connectivity index (χ0) is 9.84. The SMILES string of the molecule is CNc1cccn(CC(=O)O)c1=O. The Labute approximate surface area is 74.6 Å². The summed E-state index contributed by atoms with van der Waals surface area (Å²) in [7, 11) is 1.61. The lowest BCUT2D eigenvalue weighted by atomic mass is 10.4. The highest BCUT2D eigenvalue weighted by Gasteiger charge is 2.03. The largest absolute Gasteiger partial charge is 0.480 e.